The smallest absolute Gasteiger partial charge is 0.194 e. The van der Waals surface area contributed by atoms with Crippen molar-refractivity contribution in [1.82, 2.24) is 15.1 Å². The Labute approximate surface area is 186 Å². The molecule has 0 atom stereocenters. The van der Waals surface area contributed by atoms with Crippen molar-refractivity contribution < 1.29 is 18.9 Å². The Balaban J connectivity index is 1.60. The maximum atomic E-state index is 5.86. The predicted octanol–water partition coefficient (Wildman–Crippen LogP) is 1.98. The number of nitrogens with zero attached hydrogens (tertiary/aromatic N) is 3. The Morgan fingerprint density at radius 3 is 2.45 bits per heavy atom. The van der Waals surface area contributed by atoms with Crippen molar-refractivity contribution in [2.75, 3.05) is 73.8 Å². The van der Waals surface area contributed by atoms with Crippen LogP contribution in [0.15, 0.2) is 23.2 Å². The lowest BCUT2D eigenvalue weighted by Gasteiger charge is -2.38. The molecule has 1 N–H and O–H groups in total. The largest absolute Gasteiger partial charge is 0.497 e. The number of guanidine groups is 1. The van der Waals surface area contributed by atoms with E-state index < -0.39 is 0 Å². The van der Waals surface area contributed by atoms with E-state index in [1.807, 2.05) is 12.1 Å². The quantitative estimate of drug-likeness (QED) is 0.496. The van der Waals surface area contributed by atoms with Crippen LogP contribution in [-0.4, -0.2) is 95.2 Å². The maximum Gasteiger partial charge on any atom is 0.194 e. The minimum absolute atomic E-state index is 0.205. The van der Waals surface area contributed by atoms with E-state index in [4.69, 9.17) is 23.9 Å². The molecule has 0 saturated carbocycles. The summed E-state index contributed by atoms with van der Waals surface area (Å²) >= 11 is 0. The molecule has 0 radical (unpaired) electrons. The summed E-state index contributed by atoms with van der Waals surface area (Å²) in [4.78, 5) is 9.76. The molecule has 2 heterocycles. The standard InChI is InChI=1S/C23H38N4O4/c1-5-24-22(25-18-23(30-4)8-14-31-15-9-23)27-12-10-26(11-13-27)17-19-16-20(28-2)6-7-21(19)29-3/h6-7,16H,5,8-15,17-18H2,1-4H3,(H,24,25). The molecule has 0 aliphatic carbocycles. The van der Waals surface area contributed by atoms with Gasteiger partial charge in [-0.2, -0.15) is 0 Å². The number of hydrogen-bond donors (Lipinski definition) is 1. The van der Waals surface area contributed by atoms with E-state index in [0.29, 0.717) is 6.54 Å². The van der Waals surface area contributed by atoms with Gasteiger partial charge >= 0.3 is 0 Å². The van der Waals surface area contributed by atoms with Crippen molar-refractivity contribution in [2.24, 2.45) is 4.99 Å². The van der Waals surface area contributed by atoms with Crippen LogP contribution in [0.4, 0.5) is 0 Å². The summed E-state index contributed by atoms with van der Waals surface area (Å²) < 4.78 is 22.3. The van der Waals surface area contributed by atoms with Gasteiger partial charge in [0.15, 0.2) is 5.96 Å². The molecule has 2 aliphatic heterocycles. The van der Waals surface area contributed by atoms with E-state index in [-0.39, 0.29) is 5.60 Å². The van der Waals surface area contributed by atoms with Gasteiger partial charge in [0.25, 0.3) is 0 Å². The van der Waals surface area contributed by atoms with Crippen molar-refractivity contribution in [3.8, 4) is 11.5 Å². The van der Waals surface area contributed by atoms with Crippen molar-refractivity contribution in [1.29, 1.82) is 0 Å². The minimum Gasteiger partial charge on any atom is -0.497 e. The first-order chi connectivity index (χ1) is 15.1. The van der Waals surface area contributed by atoms with Crippen LogP contribution in [0.1, 0.15) is 25.3 Å². The van der Waals surface area contributed by atoms with Crippen molar-refractivity contribution in [3.63, 3.8) is 0 Å². The van der Waals surface area contributed by atoms with Gasteiger partial charge in [-0.15, -0.1) is 0 Å². The first kappa shape index (κ1) is 23.6. The first-order valence-corrected chi connectivity index (χ1v) is 11.2. The van der Waals surface area contributed by atoms with Crippen LogP contribution in [0.5, 0.6) is 11.5 Å². The Kier molecular flexibility index (Phi) is 8.80. The fraction of sp³-hybridized carbons (Fsp3) is 0.696. The van der Waals surface area contributed by atoms with E-state index >= 15 is 0 Å². The molecule has 2 aliphatic rings. The number of piperazine rings is 1. The summed E-state index contributed by atoms with van der Waals surface area (Å²) in [7, 11) is 5.20. The van der Waals surface area contributed by atoms with Gasteiger partial charge in [0.1, 0.15) is 11.5 Å². The second kappa shape index (κ2) is 11.5. The Hall–Kier alpha value is -2.03. The molecule has 8 heteroatoms. The molecular formula is C23H38N4O4. The molecule has 8 nitrogen and oxygen atoms in total. The number of methoxy groups -OCH3 is 3. The molecule has 0 bridgehead atoms. The molecule has 0 aromatic heterocycles. The average molecular weight is 435 g/mol. The molecule has 2 saturated heterocycles. The van der Waals surface area contributed by atoms with Gasteiger partial charge in [-0.1, -0.05) is 0 Å². The van der Waals surface area contributed by atoms with Gasteiger partial charge in [-0.3, -0.25) is 9.89 Å². The van der Waals surface area contributed by atoms with Gasteiger partial charge in [0.05, 0.1) is 26.4 Å². The maximum absolute atomic E-state index is 5.86. The number of benzene rings is 1. The van der Waals surface area contributed by atoms with E-state index in [2.05, 4.69) is 28.1 Å². The first-order valence-electron chi connectivity index (χ1n) is 11.2. The summed E-state index contributed by atoms with van der Waals surface area (Å²) in [5.74, 6) is 2.74. The Morgan fingerprint density at radius 1 is 1.10 bits per heavy atom. The molecular weight excluding hydrogens is 396 g/mol. The molecule has 2 fully saturated rings. The second-order valence-electron chi connectivity index (χ2n) is 8.11. The number of nitrogens with one attached hydrogen (secondary N) is 1. The monoisotopic (exact) mass is 434 g/mol. The van der Waals surface area contributed by atoms with Gasteiger partial charge in [-0.25, -0.2) is 0 Å². The van der Waals surface area contributed by atoms with Crippen molar-refractivity contribution >= 4 is 5.96 Å². The van der Waals surface area contributed by atoms with E-state index in [1.54, 1.807) is 21.3 Å². The summed E-state index contributed by atoms with van der Waals surface area (Å²) in [5, 5.41) is 3.47. The molecule has 1 aromatic carbocycles. The molecule has 0 spiro atoms. The topological polar surface area (TPSA) is 67.8 Å². The van der Waals surface area contributed by atoms with Gasteiger partial charge in [0.2, 0.25) is 0 Å². The van der Waals surface area contributed by atoms with Crippen LogP contribution in [-0.2, 0) is 16.0 Å². The molecule has 0 unspecified atom stereocenters. The fourth-order valence-corrected chi connectivity index (χ4v) is 4.18. The van der Waals surface area contributed by atoms with Crippen LogP contribution in [0.2, 0.25) is 0 Å². The van der Waals surface area contributed by atoms with E-state index in [0.717, 1.165) is 88.3 Å². The van der Waals surface area contributed by atoms with Gasteiger partial charge < -0.3 is 29.2 Å². The van der Waals surface area contributed by atoms with E-state index in [9.17, 15) is 0 Å². The normalized spacial score (nSPS) is 19.9. The van der Waals surface area contributed by atoms with Crippen LogP contribution >= 0.6 is 0 Å². The lowest BCUT2D eigenvalue weighted by atomic mass is 9.94. The third kappa shape index (κ3) is 6.24. The predicted molar refractivity (Wildman–Crippen MR) is 122 cm³/mol. The van der Waals surface area contributed by atoms with Crippen LogP contribution in [0.3, 0.4) is 0 Å². The lowest BCUT2D eigenvalue weighted by molar-refractivity contribution is -0.0829. The number of aliphatic imine (C=N–C) groups is 1. The lowest BCUT2D eigenvalue weighted by Crippen LogP contribution is -2.52. The highest BCUT2D eigenvalue weighted by atomic mass is 16.5. The van der Waals surface area contributed by atoms with Crippen LogP contribution < -0.4 is 14.8 Å². The third-order valence-electron chi connectivity index (χ3n) is 6.24. The Bertz CT molecular complexity index is 714. The Morgan fingerprint density at radius 2 is 1.84 bits per heavy atom. The number of rotatable bonds is 8. The zero-order chi connectivity index (χ0) is 22.1. The minimum atomic E-state index is -0.205. The van der Waals surface area contributed by atoms with Crippen molar-refractivity contribution in [2.45, 2.75) is 31.9 Å². The molecule has 174 valence electrons. The second-order valence-corrected chi connectivity index (χ2v) is 8.11. The van der Waals surface area contributed by atoms with Crippen molar-refractivity contribution in [3.05, 3.63) is 23.8 Å². The van der Waals surface area contributed by atoms with Gasteiger partial charge in [-0.05, 0) is 25.1 Å². The SMILES string of the molecule is CCNC(=NCC1(OC)CCOCC1)N1CCN(Cc2cc(OC)ccc2OC)CC1. The molecule has 0 amide bonds. The van der Waals surface area contributed by atoms with Gasteiger partial charge in [0, 0.05) is 78.0 Å². The highest BCUT2D eigenvalue weighted by Crippen LogP contribution is 2.26. The number of hydrogen-bond acceptors (Lipinski definition) is 6. The summed E-state index contributed by atoms with van der Waals surface area (Å²) in [6, 6.07) is 5.97. The average Bonchev–Trinajstić information content (AvgIpc) is 2.83. The summed E-state index contributed by atoms with van der Waals surface area (Å²) in [6.45, 7) is 9.75. The third-order valence-corrected chi connectivity index (χ3v) is 6.24. The van der Waals surface area contributed by atoms with Crippen LogP contribution in [0.25, 0.3) is 0 Å². The van der Waals surface area contributed by atoms with E-state index in [1.165, 1.54) is 0 Å². The number of ether oxygens (including phenoxy) is 4. The summed E-state index contributed by atoms with van der Waals surface area (Å²) in [5.41, 5.74) is 0.946. The zero-order valence-corrected chi connectivity index (χ0v) is 19.5. The zero-order valence-electron chi connectivity index (χ0n) is 19.5. The fourth-order valence-electron chi connectivity index (χ4n) is 4.18. The molecule has 3 rings (SSSR count). The molecule has 31 heavy (non-hydrogen) atoms. The van der Waals surface area contributed by atoms with Crippen LogP contribution in [0, 0.1) is 0 Å². The highest BCUT2D eigenvalue weighted by Gasteiger charge is 2.33. The molecule has 1 aromatic rings. The summed E-state index contributed by atoms with van der Waals surface area (Å²) in [6.07, 6.45) is 1.78. The highest BCUT2D eigenvalue weighted by molar-refractivity contribution is 5.80.